The number of aliphatic hydroxyl groups excluding tert-OH is 4. The van der Waals surface area contributed by atoms with E-state index >= 15 is 0 Å². The number of carboxylic acid groups (broad SMARTS) is 1. The molecule has 9 nitrogen and oxygen atoms in total. The zero-order valence-corrected chi connectivity index (χ0v) is 11.9. The molecule has 7 N–H and O–H groups in total. The van der Waals surface area contributed by atoms with Crippen LogP contribution in [-0.2, 0) is 14.3 Å². The van der Waals surface area contributed by atoms with E-state index in [0.717, 1.165) is 0 Å². The topological polar surface area (TPSA) is 171 Å². The lowest BCUT2D eigenvalue weighted by Crippen LogP contribution is -2.51. The van der Waals surface area contributed by atoms with E-state index in [1.165, 1.54) is 0 Å². The highest BCUT2D eigenvalue weighted by molar-refractivity contribution is 5.81. The van der Waals surface area contributed by atoms with Crippen molar-refractivity contribution >= 4 is 11.9 Å². The van der Waals surface area contributed by atoms with Crippen LogP contribution in [0, 0.1) is 5.92 Å². The Morgan fingerprint density at radius 2 is 1.67 bits per heavy atom. The number of nitrogens with two attached hydrogens (primary N) is 1. The van der Waals surface area contributed by atoms with Crippen LogP contribution in [-0.4, -0.2) is 74.5 Å². The van der Waals surface area contributed by atoms with Gasteiger partial charge in [0.1, 0.15) is 24.4 Å². The minimum atomic E-state index is -2.11. The molecule has 0 amide bonds. The maximum absolute atomic E-state index is 11.6. The molecule has 124 valence electrons. The molecule has 0 radical (unpaired) electrons. The first-order chi connectivity index (χ1) is 9.61. The van der Waals surface area contributed by atoms with Gasteiger partial charge in [0, 0.05) is 0 Å². The highest BCUT2D eigenvalue weighted by Gasteiger charge is 2.39. The molecule has 0 saturated carbocycles. The number of hydrogen-bond acceptors (Lipinski definition) is 8. The summed E-state index contributed by atoms with van der Waals surface area (Å²) in [5, 5.41) is 45.8. The molecule has 0 spiro atoms. The van der Waals surface area contributed by atoms with Crippen LogP contribution in [0.15, 0.2) is 0 Å². The molecule has 9 heteroatoms. The van der Waals surface area contributed by atoms with Gasteiger partial charge in [-0.25, -0.2) is 4.79 Å². The predicted molar refractivity (Wildman–Crippen MR) is 70.1 cm³/mol. The average Bonchev–Trinajstić information content (AvgIpc) is 2.40. The summed E-state index contributed by atoms with van der Waals surface area (Å²) in [4.78, 5) is 22.6. The fraction of sp³-hybridized carbons (Fsp3) is 0.833. The van der Waals surface area contributed by atoms with Crippen molar-refractivity contribution in [2.75, 3.05) is 6.61 Å². The number of aliphatic carboxylic acids is 1. The van der Waals surface area contributed by atoms with Gasteiger partial charge in [0.05, 0.1) is 6.61 Å². The monoisotopic (exact) mass is 309 g/mol. The fourth-order valence-electron chi connectivity index (χ4n) is 1.60. The van der Waals surface area contributed by atoms with Crippen LogP contribution in [0.5, 0.6) is 0 Å². The molecule has 0 aliphatic carbocycles. The molecule has 0 rings (SSSR count). The van der Waals surface area contributed by atoms with Crippen molar-refractivity contribution in [3.8, 4) is 0 Å². The van der Waals surface area contributed by atoms with Crippen molar-refractivity contribution in [1.82, 2.24) is 0 Å². The van der Waals surface area contributed by atoms with Gasteiger partial charge in [0.15, 0.2) is 0 Å². The third-order valence-corrected chi connectivity index (χ3v) is 2.76. The van der Waals surface area contributed by atoms with E-state index in [1.54, 1.807) is 13.8 Å². The Balaban J connectivity index is 4.84. The number of rotatable bonds is 9. The molecule has 0 aliphatic heterocycles. The SMILES string of the molecule is CC(C)C[C@H](N)C(=O)O[C@@H](C(=O)O)[C@@H](O)[C@H](O)[C@H](O)CO. The van der Waals surface area contributed by atoms with Crippen LogP contribution in [0.3, 0.4) is 0 Å². The first-order valence-electron chi connectivity index (χ1n) is 6.45. The fourth-order valence-corrected chi connectivity index (χ4v) is 1.60. The van der Waals surface area contributed by atoms with E-state index in [0.29, 0.717) is 0 Å². The van der Waals surface area contributed by atoms with Gasteiger partial charge < -0.3 is 36.0 Å². The smallest absolute Gasteiger partial charge is 0.347 e. The number of carbonyl (C=O) groups is 2. The second kappa shape index (κ2) is 8.90. The second-order valence-corrected chi connectivity index (χ2v) is 5.16. The summed E-state index contributed by atoms with van der Waals surface area (Å²) in [6.07, 6.45) is -7.73. The highest BCUT2D eigenvalue weighted by Crippen LogP contribution is 2.12. The molecule has 0 aliphatic rings. The van der Waals surface area contributed by atoms with E-state index in [-0.39, 0.29) is 12.3 Å². The summed E-state index contributed by atoms with van der Waals surface area (Å²) in [6.45, 7) is 2.71. The van der Waals surface area contributed by atoms with E-state index in [1.807, 2.05) is 0 Å². The first kappa shape index (κ1) is 19.7. The third kappa shape index (κ3) is 6.36. The molecule has 0 aromatic rings. The molecule has 0 bridgehead atoms. The molecular formula is C12H23NO8. The van der Waals surface area contributed by atoms with Gasteiger partial charge >= 0.3 is 11.9 Å². The summed E-state index contributed by atoms with van der Waals surface area (Å²) >= 11 is 0. The van der Waals surface area contributed by atoms with Crippen LogP contribution < -0.4 is 5.73 Å². The normalized spacial score (nSPS) is 18.7. The van der Waals surface area contributed by atoms with Crippen LogP contribution in [0.1, 0.15) is 20.3 Å². The summed E-state index contributed by atoms with van der Waals surface area (Å²) in [6, 6.07) is -1.07. The zero-order valence-electron chi connectivity index (χ0n) is 11.9. The lowest BCUT2D eigenvalue weighted by Gasteiger charge is -2.27. The molecule has 0 saturated heterocycles. The van der Waals surface area contributed by atoms with Crippen molar-refractivity contribution < 1.29 is 39.9 Å². The summed E-state index contributed by atoms with van der Waals surface area (Å²) in [5.74, 6) is -2.68. The third-order valence-electron chi connectivity index (χ3n) is 2.76. The minimum Gasteiger partial charge on any atom is -0.478 e. The van der Waals surface area contributed by atoms with Gasteiger partial charge in [-0.15, -0.1) is 0 Å². The molecule has 0 heterocycles. The minimum absolute atomic E-state index is 0.0718. The molecule has 0 fully saturated rings. The standard InChI is InChI=1S/C12H23NO8/c1-5(2)3-6(13)12(20)21-10(11(18)19)9(17)8(16)7(15)4-14/h5-10,14-17H,3-4,13H2,1-2H3,(H,18,19)/t6-,7+,8+,9-,10+/m0/s1. The number of esters is 1. The maximum atomic E-state index is 11.6. The predicted octanol–water partition coefficient (Wildman–Crippen LogP) is -2.57. The maximum Gasteiger partial charge on any atom is 0.347 e. The van der Waals surface area contributed by atoms with E-state index in [4.69, 9.17) is 15.9 Å². The van der Waals surface area contributed by atoms with E-state index in [2.05, 4.69) is 4.74 Å². The molecular weight excluding hydrogens is 286 g/mol. The summed E-state index contributed by atoms with van der Waals surface area (Å²) in [5.41, 5.74) is 5.53. The van der Waals surface area contributed by atoms with Gasteiger partial charge in [0.2, 0.25) is 6.10 Å². The van der Waals surface area contributed by atoms with Crippen LogP contribution >= 0.6 is 0 Å². The Morgan fingerprint density at radius 1 is 1.14 bits per heavy atom. The number of carboxylic acids is 1. The zero-order chi connectivity index (χ0) is 16.7. The highest BCUT2D eigenvalue weighted by atomic mass is 16.6. The van der Waals surface area contributed by atoms with Crippen LogP contribution in [0.4, 0.5) is 0 Å². The van der Waals surface area contributed by atoms with Crippen molar-refractivity contribution in [3.05, 3.63) is 0 Å². The van der Waals surface area contributed by atoms with Gasteiger partial charge in [-0.3, -0.25) is 4.79 Å². The Bertz CT molecular complexity index is 348. The number of carbonyl (C=O) groups excluding carboxylic acids is 1. The molecule has 0 aromatic carbocycles. The van der Waals surface area contributed by atoms with Crippen molar-refractivity contribution in [3.63, 3.8) is 0 Å². The molecule has 5 atom stereocenters. The Labute approximate surface area is 122 Å². The lowest BCUT2D eigenvalue weighted by molar-refractivity contribution is -0.183. The second-order valence-electron chi connectivity index (χ2n) is 5.16. The van der Waals surface area contributed by atoms with Crippen LogP contribution in [0.25, 0.3) is 0 Å². The van der Waals surface area contributed by atoms with Crippen LogP contribution in [0.2, 0.25) is 0 Å². The lowest BCUT2D eigenvalue weighted by atomic mass is 10.0. The number of aliphatic hydroxyl groups is 4. The van der Waals surface area contributed by atoms with Gasteiger partial charge in [-0.2, -0.15) is 0 Å². The van der Waals surface area contributed by atoms with Gasteiger partial charge in [-0.1, -0.05) is 13.8 Å². The Morgan fingerprint density at radius 3 is 2.05 bits per heavy atom. The van der Waals surface area contributed by atoms with Crippen molar-refractivity contribution in [2.24, 2.45) is 11.7 Å². The van der Waals surface area contributed by atoms with Gasteiger partial charge in [-0.05, 0) is 12.3 Å². The largest absolute Gasteiger partial charge is 0.478 e. The number of hydrogen-bond donors (Lipinski definition) is 6. The molecule has 0 unspecified atom stereocenters. The molecule has 21 heavy (non-hydrogen) atoms. The number of ether oxygens (including phenoxy) is 1. The molecule has 0 aromatic heterocycles. The summed E-state index contributed by atoms with van der Waals surface area (Å²) < 4.78 is 4.59. The van der Waals surface area contributed by atoms with Crippen molar-refractivity contribution in [1.29, 1.82) is 0 Å². The average molecular weight is 309 g/mol. The van der Waals surface area contributed by atoms with E-state index < -0.39 is 49.0 Å². The Kier molecular flexibility index (Phi) is 8.37. The summed E-state index contributed by atoms with van der Waals surface area (Å²) in [7, 11) is 0. The Hall–Kier alpha value is -1.26. The van der Waals surface area contributed by atoms with Crippen molar-refractivity contribution in [2.45, 2.75) is 50.7 Å². The van der Waals surface area contributed by atoms with Gasteiger partial charge in [0.25, 0.3) is 0 Å². The first-order valence-corrected chi connectivity index (χ1v) is 6.45. The van der Waals surface area contributed by atoms with E-state index in [9.17, 15) is 24.9 Å². The quantitative estimate of drug-likeness (QED) is 0.250.